The lowest BCUT2D eigenvalue weighted by molar-refractivity contribution is 0.673. The molecular weight excluding hydrogens is 1590 g/mol. The molecule has 0 spiro atoms. The molecule has 0 radical (unpaired) electrons. The van der Waals surface area contributed by atoms with Gasteiger partial charge in [0.25, 0.3) is 0 Å². The summed E-state index contributed by atoms with van der Waals surface area (Å²) in [4.78, 5) is 45.3. The van der Waals surface area contributed by atoms with Gasteiger partial charge < -0.3 is 4.42 Å². The van der Waals surface area contributed by atoms with Crippen LogP contribution < -0.4 is 0 Å². The lowest BCUT2D eigenvalue weighted by Gasteiger charge is -2.14. The Morgan fingerprint density at radius 3 is 1.12 bits per heavy atom. The summed E-state index contributed by atoms with van der Waals surface area (Å²) in [6, 6.07) is 146. The molecule has 0 N–H and O–H groups in total. The number of fused-ring (bicyclic) bond motifs is 21. The van der Waals surface area contributed by atoms with Crippen LogP contribution in [0.25, 0.3) is 226 Å². The van der Waals surface area contributed by atoms with Gasteiger partial charge in [-0.25, -0.2) is 15.0 Å². The second-order valence-corrected chi connectivity index (χ2v) is 33.4. The Labute approximate surface area is 736 Å². The average Bonchev–Trinajstić information content (AvgIpc) is 1.56. The van der Waals surface area contributed by atoms with E-state index in [2.05, 4.69) is 250 Å². The van der Waals surface area contributed by atoms with E-state index in [9.17, 15) is 0 Å². The number of hydrogen-bond acceptors (Lipinski definition) is 11. The fourth-order valence-electron chi connectivity index (χ4n) is 18.9. The van der Waals surface area contributed by atoms with Crippen LogP contribution in [0.1, 0.15) is 22.6 Å². The van der Waals surface area contributed by atoms with Crippen molar-refractivity contribution in [3.63, 3.8) is 0 Å². The normalized spacial score (nSPS) is 12.5. The highest BCUT2D eigenvalue weighted by atomic mass is 32.1. The van der Waals surface area contributed by atoms with Gasteiger partial charge in [-0.15, -0.1) is 11.3 Å². The van der Waals surface area contributed by atoms with Crippen LogP contribution in [0.2, 0.25) is 0 Å². The number of hydrogen-bond donors (Lipinski definition) is 0. The molecule has 1 atom stereocenters. The first-order chi connectivity index (χ1) is 63.4. The molecule has 0 aliphatic heterocycles. The maximum atomic E-state index is 6.44. The van der Waals surface area contributed by atoms with Crippen molar-refractivity contribution in [1.82, 2.24) is 58.6 Å². The summed E-state index contributed by atoms with van der Waals surface area (Å²) in [7, 11) is 0. The van der Waals surface area contributed by atoms with Gasteiger partial charge in [-0.2, -0.15) is 29.9 Å². The fourth-order valence-corrected chi connectivity index (χ4v) is 20.1. The maximum Gasteiger partial charge on any atom is 0.238 e. The first-order valence-electron chi connectivity index (χ1n) is 42.8. The molecule has 0 fully saturated rings. The Hall–Kier alpha value is -17.1. The van der Waals surface area contributed by atoms with Gasteiger partial charge in [0.1, 0.15) is 11.2 Å². The van der Waals surface area contributed by atoms with Crippen molar-refractivity contribution in [3.8, 4) is 97.3 Å². The Bertz CT molecular complexity index is 8710. The van der Waals surface area contributed by atoms with Crippen molar-refractivity contribution in [2.45, 2.75) is 5.92 Å². The predicted octanol–water partition coefficient (Wildman–Crippen LogP) is 28.6. The molecule has 8 heterocycles. The zero-order valence-corrected chi connectivity index (χ0v) is 69.4. The van der Waals surface area contributed by atoms with Gasteiger partial charge in [-0.05, 0) is 128 Å². The van der Waals surface area contributed by atoms with Gasteiger partial charge in [-0.3, -0.25) is 13.7 Å². The molecule has 26 aromatic rings. The van der Waals surface area contributed by atoms with E-state index in [4.69, 9.17) is 49.3 Å². The highest BCUT2D eigenvalue weighted by molar-refractivity contribution is 7.26. The second-order valence-electron chi connectivity index (χ2n) is 32.3. The quantitative estimate of drug-likeness (QED) is 0.130. The highest BCUT2D eigenvalue weighted by Gasteiger charge is 2.33. The molecule has 0 saturated carbocycles. The van der Waals surface area contributed by atoms with E-state index in [0.29, 0.717) is 52.8 Å². The third-order valence-corrected chi connectivity index (χ3v) is 25.9. The molecule has 13 nitrogen and oxygen atoms in total. The Morgan fingerprint density at radius 1 is 0.219 bits per heavy atom. The molecule has 128 heavy (non-hydrogen) atoms. The maximum absolute atomic E-state index is 6.44. The molecule has 0 bridgehead atoms. The van der Waals surface area contributed by atoms with Crippen LogP contribution >= 0.6 is 11.3 Å². The summed E-state index contributed by atoms with van der Waals surface area (Å²) in [5.41, 5.74) is 20.2. The number of aromatic nitrogens is 12. The predicted molar refractivity (Wildman–Crippen MR) is 523 cm³/mol. The van der Waals surface area contributed by atoms with E-state index in [1.54, 1.807) is 0 Å². The minimum atomic E-state index is 0.159. The number of nitrogens with zero attached hydrogens (tertiary/aromatic N) is 12. The smallest absolute Gasteiger partial charge is 0.238 e. The molecule has 1 unspecified atom stereocenters. The molecule has 1 aliphatic carbocycles. The largest absolute Gasteiger partial charge is 0.455 e. The number of thiophene rings is 1. The number of rotatable bonds is 10. The Morgan fingerprint density at radius 2 is 0.586 bits per heavy atom. The van der Waals surface area contributed by atoms with E-state index < -0.39 is 0 Å². The van der Waals surface area contributed by atoms with Crippen LogP contribution in [0.4, 0.5) is 0 Å². The van der Waals surface area contributed by atoms with Crippen LogP contribution in [0.3, 0.4) is 0 Å². The van der Waals surface area contributed by atoms with E-state index in [1.165, 1.54) is 91.1 Å². The third kappa shape index (κ3) is 12.6. The van der Waals surface area contributed by atoms with Crippen LogP contribution in [0.5, 0.6) is 0 Å². The molecule has 0 saturated heterocycles. The van der Waals surface area contributed by atoms with E-state index in [-0.39, 0.29) is 5.92 Å². The van der Waals surface area contributed by atoms with E-state index in [1.807, 2.05) is 193 Å². The molecule has 1 aliphatic rings. The number of benzene rings is 18. The van der Waals surface area contributed by atoms with Crippen molar-refractivity contribution in [3.05, 3.63) is 435 Å². The van der Waals surface area contributed by atoms with Crippen LogP contribution in [0, 0.1) is 0 Å². The third-order valence-electron chi connectivity index (χ3n) is 24.8. The monoisotopic (exact) mass is 1650 g/mol. The van der Waals surface area contributed by atoms with Gasteiger partial charge in [-0.1, -0.05) is 340 Å². The SMILES string of the molecule is c1ccc(-c2nc(-c3ccccc3)nc(-n3c4cc5c(cc4c4cc6ccccc6cc43)C(c3ccccc3)c3ccccc3-5)n2)cc1.c1ccc(-c2nc(-c3ccccc3)nc(-n3c4ccccc4c4c5oc6ccccc6c5ccc43)n2)cc1.c1ccc(-c2nc(-c3ccccc3)nc(-n3c4ccccc4c4cc5sc6cc7ccccc7cc6c5cc43)n2)cc1. The lowest BCUT2D eigenvalue weighted by atomic mass is 9.89. The fraction of sp³-hybridized carbons (Fsp3) is 0.00877. The van der Waals surface area contributed by atoms with Crippen LogP contribution in [-0.2, 0) is 0 Å². The van der Waals surface area contributed by atoms with Gasteiger partial charge in [0.2, 0.25) is 17.8 Å². The minimum Gasteiger partial charge on any atom is -0.455 e. The first-order valence-corrected chi connectivity index (χ1v) is 43.7. The van der Waals surface area contributed by atoms with Crippen molar-refractivity contribution in [2.75, 3.05) is 0 Å². The molecule has 27 rings (SSSR count). The molecule has 18 aromatic carbocycles. The summed E-state index contributed by atoms with van der Waals surface area (Å²) in [6.07, 6.45) is 0. The second kappa shape index (κ2) is 30.5. The Balaban J connectivity index is 0.000000105. The summed E-state index contributed by atoms with van der Waals surface area (Å²) < 4.78 is 15.6. The van der Waals surface area contributed by atoms with Crippen molar-refractivity contribution < 1.29 is 4.42 Å². The average molecular weight is 1660 g/mol. The van der Waals surface area contributed by atoms with E-state index in [0.717, 1.165) is 99.2 Å². The first kappa shape index (κ1) is 73.6. The summed E-state index contributed by atoms with van der Waals surface area (Å²) >= 11 is 1.85. The number of furan rings is 1. The summed E-state index contributed by atoms with van der Waals surface area (Å²) in [5.74, 6) is 5.79. The van der Waals surface area contributed by atoms with Crippen LogP contribution in [0.15, 0.2) is 423 Å². The topological polar surface area (TPSA) is 144 Å². The van der Waals surface area contributed by atoms with Crippen molar-refractivity contribution in [1.29, 1.82) is 0 Å². The van der Waals surface area contributed by atoms with Gasteiger partial charge in [0.05, 0.1) is 38.5 Å². The van der Waals surface area contributed by atoms with E-state index >= 15 is 0 Å². The summed E-state index contributed by atoms with van der Waals surface area (Å²) in [6.45, 7) is 0. The Kier molecular flexibility index (Phi) is 17.5. The van der Waals surface area contributed by atoms with Crippen LogP contribution in [-0.4, -0.2) is 58.6 Å². The summed E-state index contributed by atoms with van der Waals surface area (Å²) in [5, 5.41) is 16.5. The van der Waals surface area contributed by atoms with Gasteiger partial charge >= 0.3 is 0 Å². The lowest BCUT2D eigenvalue weighted by Crippen LogP contribution is -2.06. The zero-order valence-electron chi connectivity index (χ0n) is 68.6. The molecule has 8 aromatic heterocycles. The molecular formula is C114H70N12OS. The standard InChI is InChI=1S/C44H28N4.C37H22N4S.C33H20N4O/c1-4-14-28(15-5-1)41-34-23-13-12-22-33(34)35-27-40-37(26-38(35)41)36-24-31-20-10-11-21-32(31)25-39(36)48(40)44-46-42(29-16-6-2-7-17-29)45-43(47-44)30-18-8-3-9-19-30;1-3-11-23(12-4-1)35-38-36(24-13-5-2-6-14-24)40-37(39-35)41-31-18-10-9-17-27(31)28-22-34-30(21-32(28)41)29-19-25-15-7-8-16-26(25)20-33(29)42-34;1-3-11-21(12-4-1)31-34-32(22-13-5-2-6-14-22)36-33(35-31)37-26-17-9-7-16-25(26)29-27(37)20-19-24-23-15-8-10-18-28(23)38-30(24)29/h1-27,41H;1-22H;1-20H. The molecule has 14 heteroatoms. The molecule has 0 amide bonds. The zero-order chi connectivity index (χ0) is 84.3. The molecule has 598 valence electrons. The van der Waals surface area contributed by atoms with Gasteiger partial charge in [0, 0.05) is 97.2 Å². The van der Waals surface area contributed by atoms with Crippen molar-refractivity contribution >= 4 is 140 Å². The highest BCUT2D eigenvalue weighted by Crippen LogP contribution is 2.52. The minimum absolute atomic E-state index is 0.159. The number of para-hydroxylation sites is 3. The van der Waals surface area contributed by atoms with Crippen molar-refractivity contribution in [2.24, 2.45) is 0 Å². The van der Waals surface area contributed by atoms with Gasteiger partial charge in [0.15, 0.2) is 34.9 Å².